The van der Waals surface area contributed by atoms with Crippen LogP contribution < -0.4 is 9.80 Å². The summed E-state index contributed by atoms with van der Waals surface area (Å²) in [4.78, 5) is 4.69. The maximum atomic E-state index is 2.54. The van der Waals surface area contributed by atoms with Crippen LogP contribution in [0.4, 0.5) is 28.4 Å². The van der Waals surface area contributed by atoms with Crippen LogP contribution >= 0.6 is 0 Å². The normalized spacial score (nSPS) is 15.6. The van der Waals surface area contributed by atoms with E-state index in [0.29, 0.717) is 0 Å². The number of rotatable bonds is 10. The SMILES string of the molecule is CC1(C2=Cc3c(n(-c4ccc(-c5ccccc5)cc4)c4ccc(-c5ccc(N(c6ccccc6)c6ccccc6)cc5)cc34)CC2)C=CC(N(c2ccccc2)c2ccccc2)=CC1. The van der Waals surface area contributed by atoms with Crippen LogP contribution in [-0.2, 0) is 6.42 Å². The fourth-order valence-corrected chi connectivity index (χ4v) is 9.77. The number of hydrogen-bond acceptors (Lipinski definition) is 2. The molecule has 0 aliphatic heterocycles. The maximum Gasteiger partial charge on any atom is 0.0538 e. The number of benzene rings is 8. The summed E-state index contributed by atoms with van der Waals surface area (Å²) in [6.45, 7) is 2.42. The van der Waals surface area contributed by atoms with Gasteiger partial charge in [0.25, 0.3) is 0 Å². The molecule has 2 aliphatic rings. The Morgan fingerprint density at radius 2 is 0.922 bits per heavy atom. The second kappa shape index (κ2) is 16.8. The van der Waals surface area contributed by atoms with Crippen molar-refractivity contribution < 1.29 is 0 Å². The van der Waals surface area contributed by atoms with Gasteiger partial charge in [-0.1, -0.05) is 164 Å². The van der Waals surface area contributed by atoms with Crippen LogP contribution in [0.25, 0.3) is 44.9 Å². The van der Waals surface area contributed by atoms with Crippen molar-refractivity contribution in [2.45, 2.75) is 26.2 Å². The first kappa shape index (κ1) is 39.0. The van der Waals surface area contributed by atoms with Crippen molar-refractivity contribution in [3.8, 4) is 27.9 Å². The third kappa shape index (κ3) is 7.35. The van der Waals surface area contributed by atoms with E-state index in [0.717, 1.165) is 47.7 Å². The lowest BCUT2D eigenvalue weighted by molar-refractivity contribution is 0.493. The Kier molecular flexibility index (Phi) is 10.2. The summed E-state index contributed by atoms with van der Waals surface area (Å²) in [6.07, 6.45) is 12.7. The molecule has 0 spiro atoms. The maximum absolute atomic E-state index is 2.54. The second-order valence-electron chi connectivity index (χ2n) is 17.2. The molecule has 0 N–H and O–H groups in total. The van der Waals surface area contributed by atoms with Crippen molar-refractivity contribution in [2.24, 2.45) is 5.41 Å². The first-order chi connectivity index (χ1) is 31.6. The van der Waals surface area contributed by atoms with Crippen molar-refractivity contribution in [1.82, 2.24) is 4.57 Å². The molecule has 1 heterocycles. The number of fused-ring (bicyclic) bond motifs is 3. The van der Waals surface area contributed by atoms with Crippen LogP contribution in [0, 0.1) is 5.41 Å². The predicted octanol–water partition coefficient (Wildman–Crippen LogP) is 16.5. The minimum Gasteiger partial charge on any atom is -0.313 e. The van der Waals surface area contributed by atoms with Crippen LogP contribution in [-0.4, -0.2) is 4.57 Å². The minimum atomic E-state index is -0.108. The molecule has 0 saturated heterocycles. The van der Waals surface area contributed by atoms with Crippen molar-refractivity contribution >= 4 is 45.4 Å². The van der Waals surface area contributed by atoms with Crippen LogP contribution in [0.2, 0.25) is 0 Å². The molecule has 64 heavy (non-hydrogen) atoms. The molecule has 0 radical (unpaired) electrons. The van der Waals surface area contributed by atoms with E-state index in [4.69, 9.17) is 0 Å². The van der Waals surface area contributed by atoms with Crippen molar-refractivity contribution in [1.29, 1.82) is 0 Å². The molecule has 308 valence electrons. The first-order valence-corrected chi connectivity index (χ1v) is 22.4. The lowest BCUT2D eigenvalue weighted by atomic mass is 9.72. The highest BCUT2D eigenvalue weighted by atomic mass is 15.1. The average molecular weight is 824 g/mol. The van der Waals surface area contributed by atoms with Crippen molar-refractivity contribution in [2.75, 3.05) is 9.80 Å². The molecule has 1 atom stereocenters. The molecule has 3 heteroatoms. The molecule has 1 aromatic heterocycles. The fraction of sp³-hybridized carbons (Fsp3) is 0.0820. The minimum absolute atomic E-state index is 0.108. The van der Waals surface area contributed by atoms with E-state index in [1.165, 1.54) is 61.4 Å². The molecule has 0 bridgehead atoms. The Morgan fingerprint density at radius 1 is 0.453 bits per heavy atom. The van der Waals surface area contributed by atoms with Gasteiger partial charge < -0.3 is 14.4 Å². The third-order valence-electron chi connectivity index (χ3n) is 13.2. The van der Waals surface area contributed by atoms with E-state index in [1.807, 2.05) is 0 Å². The van der Waals surface area contributed by atoms with Crippen molar-refractivity contribution in [3.63, 3.8) is 0 Å². The van der Waals surface area contributed by atoms with E-state index in [1.54, 1.807) is 0 Å². The summed E-state index contributed by atoms with van der Waals surface area (Å²) in [6, 6.07) is 78.5. The molecule has 11 rings (SSSR count). The summed E-state index contributed by atoms with van der Waals surface area (Å²) < 4.78 is 2.52. The van der Waals surface area contributed by atoms with E-state index in [9.17, 15) is 0 Å². The van der Waals surface area contributed by atoms with Gasteiger partial charge in [0.2, 0.25) is 0 Å². The molecule has 0 fully saturated rings. The summed E-state index contributed by atoms with van der Waals surface area (Å²) >= 11 is 0. The molecule has 3 nitrogen and oxygen atoms in total. The molecule has 8 aromatic carbocycles. The van der Waals surface area contributed by atoms with E-state index < -0.39 is 0 Å². The third-order valence-corrected chi connectivity index (χ3v) is 13.2. The van der Waals surface area contributed by atoms with Gasteiger partial charge >= 0.3 is 0 Å². The number of hydrogen-bond donors (Lipinski definition) is 0. The van der Waals surface area contributed by atoms with Crippen LogP contribution in [0.5, 0.6) is 0 Å². The highest BCUT2D eigenvalue weighted by molar-refractivity contribution is 5.97. The molecule has 9 aromatic rings. The summed E-state index contributed by atoms with van der Waals surface area (Å²) in [5.74, 6) is 0. The predicted molar refractivity (Wildman–Crippen MR) is 270 cm³/mol. The van der Waals surface area contributed by atoms with Gasteiger partial charge in [0, 0.05) is 61.9 Å². The number of anilines is 5. The smallest absolute Gasteiger partial charge is 0.0538 e. The fourth-order valence-electron chi connectivity index (χ4n) is 9.77. The number of aromatic nitrogens is 1. The lowest BCUT2D eigenvalue weighted by Crippen LogP contribution is -2.24. The van der Waals surface area contributed by atoms with Gasteiger partial charge in [-0.05, 0) is 133 Å². The molecular formula is C61H49N3. The largest absolute Gasteiger partial charge is 0.313 e. The Labute approximate surface area is 376 Å². The van der Waals surface area contributed by atoms with Gasteiger partial charge in [-0.2, -0.15) is 0 Å². The van der Waals surface area contributed by atoms with Gasteiger partial charge in [-0.3, -0.25) is 0 Å². The monoisotopic (exact) mass is 823 g/mol. The zero-order valence-electron chi connectivity index (χ0n) is 36.1. The Bertz CT molecular complexity index is 3070. The Hall–Kier alpha value is -7.88. The van der Waals surface area contributed by atoms with Gasteiger partial charge in [0.15, 0.2) is 0 Å². The molecule has 0 amide bonds. The van der Waals surface area contributed by atoms with Gasteiger partial charge in [0.05, 0.1) is 5.52 Å². The van der Waals surface area contributed by atoms with E-state index in [2.05, 4.69) is 264 Å². The topological polar surface area (TPSA) is 11.4 Å². The molecular weight excluding hydrogens is 775 g/mol. The molecule has 0 saturated carbocycles. The van der Waals surface area contributed by atoms with Crippen LogP contribution in [0.1, 0.15) is 31.0 Å². The summed E-state index contributed by atoms with van der Waals surface area (Å²) in [7, 11) is 0. The zero-order valence-corrected chi connectivity index (χ0v) is 36.1. The van der Waals surface area contributed by atoms with Crippen molar-refractivity contribution in [3.05, 3.63) is 259 Å². The van der Waals surface area contributed by atoms with E-state index >= 15 is 0 Å². The highest BCUT2D eigenvalue weighted by Crippen LogP contribution is 2.47. The Balaban J connectivity index is 0.979. The highest BCUT2D eigenvalue weighted by Gasteiger charge is 2.32. The standard InChI is InChI=1S/C61H49N3/c1-61(41-39-56(40-42-61)63(52-23-13-5-14-24-52)53-25-15-6-16-26-53)49-32-38-60-58(44-49)57-43-48(31-37-59(57)64(60)55-35-27-46(28-36-55)45-17-7-2-8-18-45)47-29-33-54(34-30-47)62(50-19-9-3-10-20-50)51-21-11-4-12-22-51/h2-31,33-37,39-41,43-44H,32,38,42H2,1H3. The number of para-hydroxylation sites is 4. The Morgan fingerprint density at radius 3 is 1.47 bits per heavy atom. The second-order valence-corrected chi connectivity index (χ2v) is 17.2. The first-order valence-electron chi connectivity index (χ1n) is 22.4. The lowest BCUT2D eigenvalue weighted by Gasteiger charge is -2.36. The van der Waals surface area contributed by atoms with Gasteiger partial charge in [0.1, 0.15) is 0 Å². The summed E-state index contributed by atoms with van der Waals surface area (Å²) in [5, 5.41) is 1.29. The van der Waals surface area contributed by atoms with Gasteiger partial charge in [-0.15, -0.1) is 0 Å². The van der Waals surface area contributed by atoms with Crippen LogP contribution in [0.3, 0.4) is 0 Å². The number of nitrogens with zero attached hydrogens (tertiary/aromatic N) is 3. The zero-order chi connectivity index (χ0) is 42.9. The van der Waals surface area contributed by atoms with Gasteiger partial charge in [-0.25, -0.2) is 0 Å². The quantitative estimate of drug-likeness (QED) is 0.136. The molecule has 2 aliphatic carbocycles. The average Bonchev–Trinajstić information content (AvgIpc) is 3.70. The summed E-state index contributed by atoms with van der Waals surface area (Å²) in [5.41, 5.74) is 18.3. The van der Waals surface area contributed by atoms with E-state index in [-0.39, 0.29) is 5.41 Å². The molecule has 1 unspecified atom stereocenters. The number of allylic oxidation sites excluding steroid dienone is 4. The van der Waals surface area contributed by atoms with Crippen LogP contribution in [0.15, 0.2) is 248 Å².